The highest BCUT2D eigenvalue weighted by Crippen LogP contribution is 2.33. The van der Waals surface area contributed by atoms with Crippen LogP contribution >= 0.6 is 0 Å². The van der Waals surface area contributed by atoms with Gasteiger partial charge in [-0.25, -0.2) is 15.0 Å². The molecule has 0 spiro atoms. The summed E-state index contributed by atoms with van der Waals surface area (Å²) in [6.45, 7) is 0.969. The first-order valence-electron chi connectivity index (χ1n) is 6.42. The fourth-order valence-electron chi connectivity index (χ4n) is 2.42. The molecule has 1 atom stereocenters. The Balaban J connectivity index is 1.90. The summed E-state index contributed by atoms with van der Waals surface area (Å²) in [6, 6.07) is 2.05. The van der Waals surface area contributed by atoms with Crippen molar-refractivity contribution in [3.8, 4) is 0 Å². The zero-order valence-corrected chi connectivity index (χ0v) is 10.8. The predicted molar refractivity (Wildman–Crippen MR) is 72.9 cm³/mol. The van der Waals surface area contributed by atoms with Gasteiger partial charge in [0.05, 0.1) is 12.2 Å². The highest BCUT2D eigenvalue weighted by Gasteiger charge is 2.29. The topological polar surface area (TPSA) is 66.8 Å². The molecule has 0 saturated carbocycles. The summed E-state index contributed by atoms with van der Waals surface area (Å²) in [5.74, 6) is 2.58. The molecular formula is C13H16N6. The summed E-state index contributed by atoms with van der Waals surface area (Å²) >= 11 is 0. The summed E-state index contributed by atoms with van der Waals surface area (Å²) in [6.07, 6.45) is 9.15. The van der Waals surface area contributed by atoms with E-state index in [0.29, 0.717) is 0 Å². The van der Waals surface area contributed by atoms with Crippen LogP contribution in [0.15, 0.2) is 30.9 Å². The lowest BCUT2D eigenvalue weighted by Gasteiger charge is -2.24. The normalized spacial score (nSPS) is 18.6. The van der Waals surface area contributed by atoms with Crippen molar-refractivity contribution in [2.24, 2.45) is 0 Å². The largest absolute Gasteiger partial charge is 0.373 e. The van der Waals surface area contributed by atoms with Crippen molar-refractivity contribution >= 4 is 11.6 Å². The number of rotatable bonds is 3. The summed E-state index contributed by atoms with van der Waals surface area (Å²) < 4.78 is 0. The average molecular weight is 256 g/mol. The summed E-state index contributed by atoms with van der Waals surface area (Å²) in [5.41, 5.74) is 0. The number of hydrogen-bond donors (Lipinski definition) is 1. The molecule has 1 fully saturated rings. The zero-order chi connectivity index (χ0) is 13.1. The molecule has 0 unspecified atom stereocenters. The summed E-state index contributed by atoms with van der Waals surface area (Å²) in [5, 5.41) is 3.05. The summed E-state index contributed by atoms with van der Waals surface area (Å²) in [7, 11) is 1.86. The van der Waals surface area contributed by atoms with Crippen LogP contribution in [0, 0.1) is 0 Å². The van der Waals surface area contributed by atoms with Crippen LogP contribution in [-0.4, -0.2) is 33.5 Å². The maximum Gasteiger partial charge on any atom is 0.153 e. The minimum atomic E-state index is 0.185. The summed E-state index contributed by atoms with van der Waals surface area (Å²) in [4.78, 5) is 19.7. The minimum absolute atomic E-state index is 0.185. The standard InChI is InChI=1S/C13H16N6/c1-14-11-4-5-17-13(18-11)10-3-2-8-19(10)12-9-15-6-7-16-12/h4-7,9-10H,2-3,8H2,1H3,(H,14,17,18)/t10-/m1/s1. The molecule has 0 aliphatic carbocycles. The molecule has 1 aliphatic rings. The van der Waals surface area contributed by atoms with Gasteiger partial charge in [-0.05, 0) is 18.9 Å². The first kappa shape index (κ1) is 11.8. The van der Waals surface area contributed by atoms with Crippen molar-refractivity contribution in [3.05, 3.63) is 36.7 Å². The Morgan fingerprint density at radius 1 is 1.26 bits per heavy atom. The van der Waals surface area contributed by atoms with Crippen LogP contribution in [0.5, 0.6) is 0 Å². The molecule has 6 heteroatoms. The molecule has 1 saturated heterocycles. The molecule has 3 heterocycles. The van der Waals surface area contributed by atoms with Crippen molar-refractivity contribution in [1.82, 2.24) is 19.9 Å². The van der Waals surface area contributed by atoms with Crippen LogP contribution in [-0.2, 0) is 0 Å². The van der Waals surface area contributed by atoms with Crippen molar-refractivity contribution in [1.29, 1.82) is 0 Å². The SMILES string of the molecule is CNc1ccnc([C@H]2CCCN2c2cnccn2)n1. The molecule has 0 aromatic carbocycles. The van der Waals surface area contributed by atoms with Gasteiger partial charge in [0.15, 0.2) is 5.82 Å². The Morgan fingerprint density at radius 3 is 3.00 bits per heavy atom. The van der Waals surface area contributed by atoms with E-state index >= 15 is 0 Å². The number of hydrogen-bond acceptors (Lipinski definition) is 6. The quantitative estimate of drug-likeness (QED) is 0.900. The van der Waals surface area contributed by atoms with Crippen LogP contribution in [0.2, 0.25) is 0 Å². The van der Waals surface area contributed by atoms with E-state index < -0.39 is 0 Å². The van der Waals surface area contributed by atoms with E-state index in [4.69, 9.17) is 0 Å². The van der Waals surface area contributed by atoms with E-state index in [1.807, 2.05) is 13.1 Å². The molecule has 98 valence electrons. The van der Waals surface area contributed by atoms with Crippen molar-refractivity contribution in [3.63, 3.8) is 0 Å². The van der Waals surface area contributed by atoms with Crippen LogP contribution in [0.25, 0.3) is 0 Å². The van der Waals surface area contributed by atoms with Gasteiger partial charge in [-0.15, -0.1) is 0 Å². The van der Waals surface area contributed by atoms with Crippen molar-refractivity contribution in [2.75, 3.05) is 23.8 Å². The zero-order valence-electron chi connectivity index (χ0n) is 10.8. The minimum Gasteiger partial charge on any atom is -0.373 e. The third kappa shape index (κ3) is 2.33. The van der Waals surface area contributed by atoms with Gasteiger partial charge in [0.25, 0.3) is 0 Å². The van der Waals surface area contributed by atoms with Gasteiger partial charge in [0.1, 0.15) is 11.6 Å². The maximum atomic E-state index is 4.54. The molecule has 1 N–H and O–H groups in total. The molecule has 2 aromatic rings. The molecule has 19 heavy (non-hydrogen) atoms. The number of aromatic nitrogens is 4. The van der Waals surface area contributed by atoms with E-state index in [1.165, 1.54) is 0 Å². The predicted octanol–water partition coefficient (Wildman–Crippen LogP) is 1.65. The number of nitrogens with zero attached hydrogens (tertiary/aromatic N) is 5. The van der Waals surface area contributed by atoms with E-state index in [2.05, 4.69) is 30.2 Å². The number of anilines is 2. The van der Waals surface area contributed by atoms with Gasteiger partial charge in [0.2, 0.25) is 0 Å². The van der Waals surface area contributed by atoms with Gasteiger partial charge < -0.3 is 10.2 Å². The molecule has 0 radical (unpaired) electrons. The van der Waals surface area contributed by atoms with Gasteiger partial charge >= 0.3 is 0 Å². The molecule has 2 aromatic heterocycles. The van der Waals surface area contributed by atoms with Gasteiger partial charge in [0, 0.05) is 32.2 Å². The van der Waals surface area contributed by atoms with Gasteiger partial charge in [-0.2, -0.15) is 0 Å². The first-order valence-corrected chi connectivity index (χ1v) is 6.42. The Hall–Kier alpha value is -2.24. The molecule has 6 nitrogen and oxygen atoms in total. The third-order valence-electron chi connectivity index (χ3n) is 3.33. The molecule has 1 aliphatic heterocycles. The Morgan fingerprint density at radius 2 is 2.21 bits per heavy atom. The van der Waals surface area contributed by atoms with E-state index in [9.17, 15) is 0 Å². The van der Waals surface area contributed by atoms with Crippen LogP contribution in [0.4, 0.5) is 11.6 Å². The lowest BCUT2D eigenvalue weighted by molar-refractivity contribution is 0.660. The second-order valence-corrected chi connectivity index (χ2v) is 4.47. The van der Waals surface area contributed by atoms with Crippen molar-refractivity contribution in [2.45, 2.75) is 18.9 Å². The fraction of sp³-hybridized carbons (Fsp3) is 0.385. The molecule has 0 amide bonds. The van der Waals surface area contributed by atoms with Gasteiger partial charge in [-0.3, -0.25) is 4.98 Å². The molecule has 3 rings (SSSR count). The second-order valence-electron chi connectivity index (χ2n) is 4.47. The van der Waals surface area contributed by atoms with Crippen LogP contribution < -0.4 is 10.2 Å². The smallest absolute Gasteiger partial charge is 0.153 e. The van der Waals surface area contributed by atoms with Crippen LogP contribution in [0.3, 0.4) is 0 Å². The van der Waals surface area contributed by atoms with E-state index in [0.717, 1.165) is 36.8 Å². The van der Waals surface area contributed by atoms with E-state index in [-0.39, 0.29) is 6.04 Å². The lowest BCUT2D eigenvalue weighted by Crippen LogP contribution is -2.25. The Labute approximate surface area is 111 Å². The molecule has 0 bridgehead atoms. The number of nitrogens with one attached hydrogen (secondary N) is 1. The van der Waals surface area contributed by atoms with Gasteiger partial charge in [-0.1, -0.05) is 0 Å². The highest BCUT2D eigenvalue weighted by atomic mass is 15.3. The lowest BCUT2D eigenvalue weighted by atomic mass is 10.2. The Kier molecular flexibility index (Phi) is 3.22. The van der Waals surface area contributed by atoms with E-state index in [1.54, 1.807) is 24.8 Å². The second kappa shape index (κ2) is 5.17. The first-order chi connectivity index (χ1) is 9.38. The van der Waals surface area contributed by atoms with Crippen molar-refractivity contribution < 1.29 is 0 Å². The third-order valence-corrected chi connectivity index (χ3v) is 3.33. The average Bonchev–Trinajstić information content (AvgIpc) is 2.98. The monoisotopic (exact) mass is 256 g/mol. The highest BCUT2D eigenvalue weighted by molar-refractivity contribution is 5.41. The maximum absolute atomic E-state index is 4.54. The van der Waals surface area contributed by atoms with Crippen LogP contribution in [0.1, 0.15) is 24.7 Å². The fourth-order valence-corrected chi connectivity index (χ4v) is 2.42. The Bertz CT molecular complexity index is 544. The molecular weight excluding hydrogens is 240 g/mol.